The Kier molecular flexibility index (Phi) is 3.05. The van der Waals surface area contributed by atoms with E-state index in [9.17, 15) is 0 Å². The minimum Gasteiger partial charge on any atom is -0.218 e. The maximum atomic E-state index is 4.61. The Morgan fingerprint density at radius 3 is 3.18 bits per heavy atom. The van der Waals surface area contributed by atoms with Crippen LogP contribution in [0, 0.1) is 12.8 Å². The highest BCUT2D eigenvalue weighted by Crippen LogP contribution is 2.25. The van der Waals surface area contributed by atoms with Gasteiger partial charge in [-0.05, 0) is 49.3 Å². The second-order valence-electron chi connectivity index (χ2n) is 4.75. The van der Waals surface area contributed by atoms with Gasteiger partial charge in [-0.15, -0.1) is 0 Å². The van der Waals surface area contributed by atoms with Gasteiger partial charge in [-0.2, -0.15) is 16.9 Å². The third-order valence-electron chi connectivity index (χ3n) is 3.32. The van der Waals surface area contributed by atoms with E-state index in [2.05, 4.69) is 34.8 Å². The molecule has 2 aromatic heterocycles. The SMILES string of the molecule is Cc1cccc2nc(CC3CCCSC3)nn12. The van der Waals surface area contributed by atoms with Gasteiger partial charge in [0.25, 0.3) is 0 Å². The molecule has 0 spiro atoms. The Bertz CT molecular complexity index is 514. The molecule has 3 rings (SSSR count). The quantitative estimate of drug-likeness (QED) is 0.817. The number of fused-ring (bicyclic) bond motifs is 1. The summed E-state index contributed by atoms with van der Waals surface area (Å²) in [6, 6.07) is 6.14. The van der Waals surface area contributed by atoms with E-state index in [-0.39, 0.29) is 0 Å². The third-order valence-corrected chi connectivity index (χ3v) is 4.60. The van der Waals surface area contributed by atoms with Gasteiger partial charge in [-0.3, -0.25) is 0 Å². The average molecular weight is 247 g/mol. The van der Waals surface area contributed by atoms with Crippen LogP contribution in [0.5, 0.6) is 0 Å². The maximum absolute atomic E-state index is 4.61. The summed E-state index contributed by atoms with van der Waals surface area (Å²) in [6.45, 7) is 2.07. The van der Waals surface area contributed by atoms with Gasteiger partial charge >= 0.3 is 0 Å². The molecule has 17 heavy (non-hydrogen) atoms. The fourth-order valence-corrected chi connectivity index (χ4v) is 3.55. The molecule has 3 nitrogen and oxygen atoms in total. The molecule has 0 amide bonds. The van der Waals surface area contributed by atoms with E-state index in [4.69, 9.17) is 0 Å². The van der Waals surface area contributed by atoms with Crippen LogP contribution in [0.3, 0.4) is 0 Å². The molecule has 1 atom stereocenters. The first kappa shape index (κ1) is 11.1. The molecular formula is C13H17N3S. The Hall–Kier alpha value is -1.03. The molecule has 0 saturated carbocycles. The molecule has 3 heterocycles. The van der Waals surface area contributed by atoms with Gasteiger partial charge in [0.2, 0.25) is 0 Å². The minimum absolute atomic E-state index is 0.770. The van der Waals surface area contributed by atoms with Crippen LogP contribution in [0.4, 0.5) is 0 Å². The zero-order valence-corrected chi connectivity index (χ0v) is 10.9. The van der Waals surface area contributed by atoms with Crippen LogP contribution in [0.1, 0.15) is 24.4 Å². The van der Waals surface area contributed by atoms with E-state index in [0.717, 1.165) is 29.5 Å². The largest absolute Gasteiger partial charge is 0.218 e. The van der Waals surface area contributed by atoms with Crippen molar-refractivity contribution in [2.24, 2.45) is 5.92 Å². The summed E-state index contributed by atoms with van der Waals surface area (Å²) in [5, 5.41) is 4.60. The Balaban J connectivity index is 1.83. The molecule has 90 valence electrons. The van der Waals surface area contributed by atoms with Crippen molar-refractivity contribution in [3.63, 3.8) is 0 Å². The highest BCUT2D eigenvalue weighted by Gasteiger charge is 2.16. The maximum Gasteiger partial charge on any atom is 0.155 e. The zero-order chi connectivity index (χ0) is 11.7. The first-order valence-electron chi connectivity index (χ1n) is 6.22. The zero-order valence-electron chi connectivity index (χ0n) is 10.1. The van der Waals surface area contributed by atoms with Crippen LogP contribution in [-0.4, -0.2) is 26.1 Å². The van der Waals surface area contributed by atoms with Crippen molar-refractivity contribution in [2.75, 3.05) is 11.5 Å². The standard InChI is InChI=1S/C13H17N3S/c1-10-4-2-6-13-14-12(15-16(10)13)8-11-5-3-7-17-9-11/h2,4,6,11H,3,5,7-9H2,1H3. The van der Waals surface area contributed by atoms with Gasteiger partial charge < -0.3 is 0 Å². The third kappa shape index (κ3) is 2.32. The molecule has 4 heteroatoms. The average Bonchev–Trinajstić information content (AvgIpc) is 2.74. The topological polar surface area (TPSA) is 30.2 Å². The second kappa shape index (κ2) is 4.69. The van der Waals surface area contributed by atoms with E-state index in [1.165, 1.54) is 24.3 Å². The summed E-state index contributed by atoms with van der Waals surface area (Å²) in [5.41, 5.74) is 2.13. The van der Waals surface area contributed by atoms with Gasteiger partial charge in [0, 0.05) is 12.1 Å². The first-order chi connectivity index (χ1) is 8.33. The number of hydrogen-bond acceptors (Lipinski definition) is 3. The molecule has 1 aliphatic heterocycles. The highest BCUT2D eigenvalue weighted by molar-refractivity contribution is 7.99. The van der Waals surface area contributed by atoms with Crippen molar-refractivity contribution in [2.45, 2.75) is 26.2 Å². The molecule has 1 aliphatic rings. The normalized spacial score (nSPS) is 20.9. The number of nitrogens with zero attached hydrogens (tertiary/aromatic N) is 3. The van der Waals surface area contributed by atoms with Crippen molar-refractivity contribution in [3.8, 4) is 0 Å². The van der Waals surface area contributed by atoms with Crippen LogP contribution in [0.2, 0.25) is 0 Å². The predicted molar refractivity (Wildman–Crippen MR) is 71.5 cm³/mol. The van der Waals surface area contributed by atoms with Crippen LogP contribution < -0.4 is 0 Å². The fraction of sp³-hybridized carbons (Fsp3) is 0.538. The number of hydrogen-bond donors (Lipinski definition) is 0. The van der Waals surface area contributed by atoms with E-state index < -0.39 is 0 Å². The molecular weight excluding hydrogens is 230 g/mol. The lowest BCUT2D eigenvalue weighted by atomic mass is 10.0. The lowest BCUT2D eigenvalue weighted by molar-refractivity contribution is 0.508. The minimum atomic E-state index is 0.770. The molecule has 1 saturated heterocycles. The van der Waals surface area contributed by atoms with E-state index in [1.807, 2.05) is 16.6 Å². The number of aromatic nitrogens is 3. The summed E-state index contributed by atoms with van der Waals surface area (Å²) < 4.78 is 1.95. The van der Waals surface area contributed by atoms with E-state index >= 15 is 0 Å². The molecule has 2 aromatic rings. The first-order valence-corrected chi connectivity index (χ1v) is 7.37. The summed E-state index contributed by atoms with van der Waals surface area (Å²) in [5.74, 6) is 4.38. The molecule has 0 aliphatic carbocycles. The lowest BCUT2D eigenvalue weighted by Gasteiger charge is -2.19. The molecule has 1 unspecified atom stereocenters. The van der Waals surface area contributed by atoms with Gasteiger partial charge in [0.15, 0.2) is 11.5 Å². The van der Waals surface area contributed by atoms with Crippen molar-refractivity contribution < 1.29 is 0 Å². The van der Waals surface area contributed by atoms with Gasteiger partial charge in [-0.1, -0.05) is 6.07 Å². The highest BCUT2D eigenvalue weighted by atomic mass is 32.2. The number of rotatable bonds is 2. The fourth-order valence-electron chi connectivity index (χ4n) is 2.39. The smallest absolute Gasteiger partial charge is 0.155 e. The molecule has 0 bridgehead atoms. The summed E-state index contributed by atoms with van der Waals surface area (Å²) in [6.07, 6.45) is 3.72. The number of pyridine rings is 1. The molecule has 0 aromatic carbocycles. The predicted octanol–water partition coefficient (Wildman–Crippen LogP) is 2.72. The van der Waals surface area contributed by atoms with Crippen molar-refractivity contribution in [3.05, 3.63) is 29.7 Å². The number of aryl methyl sites for hydroxylation is 1. The second-order valence-corrected chi connectivity index (χ2v) is 5.90. The van der Waals surface area contributed by atoms with Crippen LogP contribution in [-0.2, 0) is 6.42 Å². The van der Waals surface area contributed by atoms with Gasteiger partial charge in [-0.25, -0.2) is 9.50 Å². The van der Waals surface area contributed by atoms with Gasteiger partial charge in [0.1, 0.15) is 0 Å². The van der Waals surface area contributed by atoms with Crippen molar-refractivity contribution in [1.29, 1.82) is 0 Å². The van der Waals surface area contributed by atoms with Gasteiger partial charge in [0.05, 0.1) is 0 Å². The summed E-state index contributed by atoms with van der Waals surface area (Å²) >= 11 is 2.07. The Labute approximate surface area is 106 Å². The van der Waals surface area contributed by atoms with E-state index in [1.54, 1.807) is 0 Å². The Morgan fingerprint density at radius 2 is 2.41 bits per heavy atom. The monoisotopic (exact) mass is 247 g/mol. The molecule has 0 N–H and O–H groups in total. The molecule has 1 fully saturated rings. The molecule has 0 radical (unpaired) electrons. The van der Waals surface area contributed by atoms with Crippen molar-refractivity contribution in [1.82, 2.24) is 14.6 Å². The van der Waals surface area contributed by atoms with Crippen molar-refractivity contribution >= 4 is 17.4 Å². The summed E-state index contributed by atoms with van der Waals surface area (Å²) in [4.78, 5) is 4.61. The van der Waals surface area contributed by atoms with Crippen LogP contribution in [0.15, 0.2) is 18.2 Å². The summed E-state index contributed by atoms with van der Waals surface area (Å²) in [7, 11) is 0. The Morgan fingerprint density at radius 1 is 1.47 bits per heavy atom. The van der Waals surface area contributed by atoms with Crippen LogP contribution >= 0.6 is 11.8 Å². The number of thioether (sulfide) groups is 1. The lowest BCUT2D eigenvalue weighted by Crippen LogP contribution is -2.14. The van der Waals surface area contributed by atoms with Crippen LogP contribution in [0.25, 0.3) is 5.65 Å². The van der Waals surface area contributed by atoms with E-state index in [0.29, 0.717) is 0 Å².